The van der Waals surface area contributed by atoms with E-state index < -0.39 is 5.92 Å². The Hall–Kier alpha value is -1.90. The van der Waals surface area contributed by atoms with E-state index in [9.17, 15) is 9.59 Å². The molecule has 0 spiro atoms. The Balaban J connectivity index is 2.07. The summed E-state index contributed by atoms with van der Waals surface area (Å²) in [4.78, 5) is 24.7. The Morgan fingerprint density at radius 3 is 2.42 bits per heavy atom. The quantitative estimate of drug-likeness (QED) is 0.763. The molecule has 2 aliphatic carbocycles. The van der Waals surface area contributed by atoms with Crippen LogP contribution in [0, 0.1) is 17.8 Å². The van der Waals surface area contributed by atoms with E-state index in [-0.39, 0.29) is 29.3 Å². The van der Waals surface area contributed by atoms with Crippen LogP contribution in [0.4, 0.5) is 0 Å². The van der Waals surface area contributed by atoms with E-state index >= 15 is 0 Å². The van der Waals surface area contributed by atoms with Gasteiger partial charge in [0.2, 0.25) is 5.78 Å². The van der Waals surface area contributed by atoms with Crippen LogP contribution in [0.5, 0.6) is 0 Å². The van der Waals surface area contributed by atoms with Crippen LogP contribution in [0.2, 0.25) is 0 Å². The second kappa shape index (κ2) is 4.34. The molecule has 2 bridgehead atoms. The highest BCUT2D eigenvalue weighted by molar-refractivity contribution is 6.15. The first-order valence-corrected chi connectivity index (χ1v) is 6.54. The topological polar surface area (TPSA) is 43.4 Å². The molecular formula is C16H16O3. The molecule has 1 saturated carbocycles. The Kier molecular flexibility index (Phi) is 2.77. The number of ketones is 2. The average Bonchev–Trinajstić information content (AvgIpc) is 2.60. The lowest BCUT2D eigenvalue weighted by Gasteiger charge is -2.20. The van der Waals surface area contributed by atoms with E-state index in [0.29, 0.717) is 5.76 Å². The summed E-state index contributed by atoms with van der Waals surface area (Å²) in [6.45, 7) is 2.04. The standard InChI is InChI=1S/C16H16O3/c1-9-11-8-12(19-2)16(18)14(15(11)17)13(9)10-6-4-3-5-7-10/h3-9,11,13-14H,1-2H3. The average molecular weight is 256 g/mol. The molecule has 0 aromatic heterocycles. The number of methoxy groups -OCH3 is 1. The fourth-order valence-corrected chi connectivity index (χ4v) is 3.43. The van der Waals surface area contributed by atoms with Crippen molar-refractivity contribution in [2.45, 2.75) is 12.8 Å². The monoisotopic (exact) mass is 256 g/mol. The van der Waals surface area contributed by atoms with E-state index in [4.69, 9.17) is 4.74 Å². The van der Waals surface area contributed by atoms with Crippen LogP contribution in [-0.4, -0.2) is 18.7 Å². The summed E-state index contributed by atoms with van der Waals surface area (Å²) >= 11 is 0. The Labute approximate surface area is 112 Å². The zero-order valence-corrected chi connectivity index (χ0v) is 11.0. The maximum atomic E-state index is 12.3. The molecule has 0 N–H and O–H groups in total. The molecule has 98 valence electrons. The maximum Gasteiger partial charge on any atom is 0.208 e. The van der Waals surface area contributed by atoms with Crippen LogP contribution in [0.1, 0.15) is 18.4 Å². The molecule has 4 unspecified atom stereocenters. The fraction of sp³-hybridized carbons (Fsp3) is 0.375. The summed E-state index contributed by atoms with van der Waals surface area (Å²) in [6, 6.07) is 9.83. The van der Waals surface area contributed by atoms with Crippen molar-refractivity contribution in [2.24, 2.45) is 17.8 Å². The number of carbonyl (C=O) groups excluding carboxylic acids is 2. The van der Waals surface area contributed by atoms with Gasteiger partial charge in [0.15, 0.2) is 11.5 Å². The zero-order chi connectivity index (χ0) is 13.6. The molecule has 4 atom stereocenters. The minimum Gasteiger partial charge on any atom is -0.493 e. The summed E-state index contributed by atoms with van der Waals surface area (Å²) in [6.07, 6.45) is 1.70. The van der Waals surface area contributed by atoms with Crippen molar-refractivity contribution in [1.29, 1.82) is 0 Å². The number of carbonyl (C=O) groups is 2. The van der Waals surface area contributed by atoms with Gasteiger partial charge in [-0.2, -0.15) is 0 Å². The van der Waals surface area contributed by atoms with Crippen molar-refractivity contribution in [3.8, 4) is 0 Å². The molecule has 1 fully saturated rings. The third-order valence-electron chi connectivity index (χ3n) is 4.39. The molecule has 1 aromatic rings. The molecule has 0 amide bonds. The lowest BCUT2D eigenvalue weighted by Crippen LogP contribution is -2.30. The van der Waals surface area contributed by atoms with Crippen molar-refractivity contribution >= 4 is 11.6 Å². The van der Waals surface area contributed by atoms with Crippen molar-refractivity contribution in [2.75, 3.05) is 7.11 Å². The summed E-state index contributed by atoms with van der Waals surface area (Å²) in [5.74, 6) is -0.425. The summed E-state index contributed by atoms with van der Waals surface area (Å²) in [5.41, 5.74) is 1.06. The third kappa shape index (κ3) is 1.65. The van der Waals surface area contributed by atoms with Crippen LogP contribution < -0.4 is 0 Å². The predicted octanol–water partition coefficient (Wildman–Crippen LogP) is 2.33. The van der Waals surface area contributed by atoms with Crippen LogP contribution in [0.3, 0.4) is 0 Å². The molecule has 0 saturated heterocycles. The van der Waals surface area contributed by atoms with Gasteiger partial charge in [-0.3, -0.25) is 9.59 Å². The number of fused-ring (bicyclic) bond motifs is 2. The molecule has 3 nitrogen and oxygen atoms in total. The number of hydrogen-bond acceptors (Lipinski definition) is 3. The highest BCUT2D eigenvalue weighted by atomic mass is 16.5. The van der Waals surface area contributed by atoms with Gasteiger partial charge >= 0.3 is 0 Å². The lowest BCUT2D eigenvalue weighted by molar-refractivity contribution is -0.133. The summed E-state index contributed by atoms with van der Waals surface area (Å²) in [5, 5.41) is 0. The molecular weight excluding hydrogens is 240 g/mol. The smallest absolute Gasteiger partial charge is 0.208 e. The number of allylic oxidation sites excluding steroid dienone is 2. The number of ether oxygens (including phenoxy) is 1. The van der Waals surface area contributed by atoms with Gasteiger partial charge in [-0.05, 0) is 17.6 Å². The van der Waals surface area contributed by atoms with Gasteiger partial charge in [-0.15, -0.1) is 0 Å². The Bertz CT molecular complexity index is 559. The number of Topliss-reactive ketones (excluding diaryl/α,β-unsaturated/α-hetero) is 2. The van der Waals surface area contributed by atoms with Gasteiger partial charge < -0.3 is 4.74 Å². The van der Waals surface area contributed by atoms with Gasteiger partial charge in [0.1, 0.15) is 0 Å². The van der Waals surface area contributed by atoms with Crippen LogP contribution in [-0.2, 0) is 14.3 Å². The minimum absolute atomic E-state index is 0.0323. The molecule has 0 heterocycles. The van der Waals surface area contributed by atoms with E-state index in [1.165, 1.54) is 7.11 Å². The number of benzene rings is 1. The highest BCUT2D eigenvalue weighted by Crippen LogP contribution is 2.49. The first-order chi connectivity index (χ1) is 9.15. The lowest BCUT2D eigenvalue weighted by atomic mass is 9.82. The number of hydrogen-bond donors (Lipinski definition) is 0. The second-order valence-electron chi connectivity index (χ2n) is 5.30. The van der Waals surface area contributed by atoms with Gasteiger partial charge in [-0.25, -0.2) is 0 Å². The summed E-state index contributed by atoms with van der Waals surface area (Å²) < 4.78 is 5.12. The van der Waals surface area contributed by atoms with Gasteiger partial charge in [0.05, 0.1) is 13.0 Å². The fourth-order valence-electron chi connectivity index (χ4n) is 3.43. The zero-order valence-electron chi connectivity index (χ0n) is 11.0. The Morgan fingerprint density at radius 2 is 1.79 bits per heavy atom. The SMILES string of the molecule is COC1=CC2C(=O)C(C1=O)C(c1ccccc1)C2C. The van der Waals surface area contributed by atoms with Crippen molar-refractivity contribution in [3.05, 3.63) is 47.7 Å². The van der Waals surface area contributed by atoms with Gasteiger partial charge in [0, 0.05) is 11.8 Å². The normalized spacial score (nSPS) is 33.3. The molecule has 0 aliphatic heterocycles. The largest absolute Gasteiger partial charge is 0.493 e. The van der Waals surface area contributed by atoms with Crippen LogP contribution >= 0.6 is 0 Å². The Morgan fingerprint density at radius 1 is 1.11 bits per heavy atom. The number of rotatable bonds is 2. The van der Waals surface area contributed by atoms with Gasteiger partial charge in [-0.1, -0.05) is 37.3 Å². The van der Waals surface area contributed by atoms with E-state index in [2.05, 4.69) is 0 Å². The molecule has 3 heteroatoms. The molecule has 3 rings (SSSR count). The molecule has 2 aliphatic rings. The van der Waals surface area contributed by atoms with E-state index in [1.807, 2.05) is 37.3 Å². The molecule has 19 heavy (non-hydrogen) atoms. The predicted molar refractivity (Wildman–Crippen MR) is 70.4 cm³/mol. The first kappa shape index (κ1) is 12.2. The van der Waals surface area contributed by atoms with Gasteiger partial charge in [0.25, 0.3) is 0 Å². The van der Waals surface area contributed by atoms with E-state index in [0.717, 1.165) is 5.56 Å². The van der Waals surface area contributed by atoms with Crippen molar-refractivity contribution in [3.63, 3.8) is 0 Å². The molecule has 0 radical (unpaired) electrons. The summed E-state index contributed by atoms with van der Waals surface area (Å²) in [7, 11) is 1.49. The van der Waals surface area contributed by atoms with E-state index in [1.54, 1.807) is 6.08 Å². The van der Waals surface area contributed by atoms with Crippen molar-refractivity contribution in [1.82, 2.24) is 0 Å². The van der Waals surface area contributed by atoms with Crippen LogP contribution in [0.15, 0.2) is 42.2 Å². The van der Waals surface area contributed by atoms with Crippen molar-refractivity contribution < 1.29 is 14.3 Å². The second-order valence-corrected chi connectivity index (χ2v) is 5.30. The maximum absolute atomic E-state index is 12.3. The molecule has 1 aromatic carbocycles. The highest BCUT2D eigenvalue weighted by Gasteiger charge is 2.54. The minimum atomic E-state index is -0.567. The third-order valence-corrected chi connectivity index (χ3v) is 4.39. The first-order valence-electron chi connectivity index (χ1n) is 6.54. The van der Waals surface area contributed by atoms with Crippen LogP contribution in [0.25, 0.3) is 0 Å².